The second kappa shape index (κ2) is 5.59. The van der Waals surface area contributed by atoms with Crippen molar-refractivity contribution in [2.75, 3.05) is 6.54 Å². The zero-order valence-corrected chi connectivity index (χ0v) is 9.41. The average Bonchev–Trinajstić information content (AvgIpc) is 2.21. The Kier molecular flexibility index (Phi) is 4.40. The molecule has 1 unspecified atom stereocenters. The molecule has 2 N–H and O–H groups in total. The summed E-state index contributed by atoms with van der Waals surface area (Å²) >= 11 is 0. The first-order chi connectivity index (χ1) is 7.15. The van der Waals surface area contributed by atoms with Gasteiger partial charge in [0.2, 0.25) is 5.91 Å². The van der Waals surface area contributed by atoms with E-state index in [1.165, 1.54) is 0 Å². The highest BCUT2D eigenvalue weighted by Gasteiger charge is 2.23. The second-order valence-electron chi connectivity index (χ2n) is 4.03. The number of rotatable bonds is 4. The fraction of sp³-hybridized carbons (Fsp3) is 0.583. The highest BCUT2D eigenvalue weighted by Crippen LogP contribution is 2.16. The van der Waals surface area contributed by atoms with Gasteiger partial charge in [0.25, 0.3) is 0 Å². The standard InChI is InChI=1S/C12H20N2O/c1-3-11(8-7-10(2)13)14-9-5-4-6-12(14)15/h3,7,11H,1,4-6,8-9,13H2,2H3/b10-7+. The molecule has 1 aliphatic heterocycles. The van der Waals surface area contributed by atoms with Crippen LogP contribution in [0.2, 0.25) is 0 Å². The number of allylic oxidation sites excluding steroid dienone is 1. The third-order valence-electron chi connectivity index (χ3n) is 2.71. The number of amides is 1. The van der Waals surface area contributed by atoms with Gasteiger partial charge in [-0.15, -0.1) is 6.58 Å². The Bertz CT molecular complexity index is 267. The number of hydrogen-bond acceptors (Lipinski definition) is 2. The molecule has 1 aliphatic rings. The van der Waals surface area contributed by atoms with Crippen molar-refractivity contribution in [1.82, 2.24) is 4.90 Å². The highest BCUT2D eigenvalue weighted by molar-refractivity contribution is 5.77. The van der Waals surface area contributed by atoms with Crippen LogP contribution >= 0.6 is 0 Å². The predicted molar refractivity (Wildman–Crippen MR) is 62.1 cm³/mol. The van der Waals surface area contributed by atoms with Crippen LogP contribution in [-0.2, 0) is 4.79 Å². The van der Waals surface area contributed by atoms with Crippen LogP contribution in [0.1, 0.15) is 32.6 Å². The van der Waals surface area contributed by atoms with E-state index in [1.807, 2.05) is 24.0 Å². The smallest absolute Gasteiger partial charge is 0.223 e. The van der Waals surface area contributed by atoms with Gasteiger partial charge in [0.15, 0.2) is 0 Å². The van der Waals surface area contributed by atoms with Crippen molar-refractivity contribution in [3.8, 4) is 0 Å². The van der Waals surface area contributed by atoms with E-state index < -0.39 is 0 Å². The molecule has 0 bridgehead atoms. The summed E-state index contributed by atoms with van der Waals surface area (Å²) in [5, 5.41) is 0. The first-order valence-electron chi connectivity index (χ1n) is 5.49. The molecule has 0 aromatic heterocycles. The van der Waals surface area contributed by atoms with E-state index in [2.05, 4.69) is 6.58 Å². The molecule has 1 atom stereocenters. The number of carbonyl (C=O) groups excluding carboxylic acids is 1. The van der Waals surface area contributed by atoms with Crippen molar-refractivity contribution in [3.05, 3.63) is 24.4 Å². The van der Waals surface area contributed by atoms with Crippen molar-refractivity contribution in [2.24, 2.45) is 5.73 Å². The largest absolute Gasteiger partial charge is 0.403 e. The van der Waals surface area contributed by atoms with Crippen LogP contribution in [0, 0.1) is 0 Å². The maximum Gasteiger partial charge on any atom is 0.223 e. The van der Waals surface area contributed by atoms with E-state index in [9.17, 15) is 4.79 Å². The van der Waals surface area contributed by atoms with Crippen molar-refractivity contribution in [3.63, 3.8) is 0 Å². The summed E-state index contributed by atoms with van der Waals surface area (Å²) < 4.78 is 0. The molecule has 84 valence electrons. The van der Waals surface area contributed by atoms with E-state index in [1.54, 1.807) is 0 Å². The van der Waals surface area contributed by atoms with E-state index in [-0.39, 0.29) is 11.9 Å². The van der Waals surface area contributed by atoms with Gasteiger partial charge in [-0.3, -0.25) is 4.79 Å². The molecular formula is C12H20N2O. The van der Waals surface area contributed by atoms with Crippen LogP contribution in [0.4, 0.5) is 0 Å². The summed E-state index contributed by atoms with van der Waals surface area (Å²) in [7, 11) is 0. The molecule has 0 spiro atoms. The Morgan fingerprint density at radius 3 is 2.93 bits per heavy atom. The Morgan fingerprint density at radius 1 is 1.67 bits per heavy atom. The zero-order valence-electron chi connectivity index (χ0n) is 9.41. The van der Waals surface area contributed by atoms with Crippen LogP contribution in [0.15, 0.2) is 24.4 Å². The molecule has 0 saturated carbocycles. The van der Waals surface area contributed by atoms with Crippen molar-refractivity contribution >= 4 is 5.91 Å². The Labute approximate surface area is 91.6 Å². The van der Waals surface area contributed by atoms with Crippen LogP contribution < -0.4 is 5.73 Å². The van der Waals surface area contributed by atoms with E-state index >= 15 is 0 Å². The number of nitrogens with two attached hydrogens (primary N) is 1. The minimum atomic E-state index is 0.108. The zero-order chi connectivity index (χ0) is 11.3. The van der Waals surface area contributed by atoms with Crippen LogP contribution in [-0.4, -0.2) is 23.4 Å². The topological polar surface area (TPSA) is 46.3 Å². The fourth-order valence-corrected chi connectivity index (χ4v) is 1.83. The Balaban J connectivity index is 2.60. The van der Waals surface area contributed by atoms with Gasteiger partial charge in [0, 0.05) is 18.7 Å². The summed E-state index contributed by atoms with van der Waals surface area (Å²) in [5.41, 5.74) is 6.38. The SMILES string of the molecule is C=CC(C/C=C(\C)N)N1CCCCC1=O. The molecule has 0 radical (unpaired) electrons. The lowest BCUT2D eigenvalue weighted by molar-refractivity contribution is -0.134. The molecule has 3 heteroatoms. The van der Waals surface area contributed by atoms with Gasteiger partial charge in [-0.25, -0.2) is 0 Å². The fourth-order valence-electron chi connectivity index (χ4n) is 1.83. The summed E-state index contributed by atoms with van der Waals surface area (Å²) in [4.78, 5) is 13.6. The molecule has 1 heterocycles. The third kappa shape index (κ3) is 3.42. The molecular weight excluding hydrogens is 188 g/mol. The van der Waals surface area contributed by atoms with Crippen molar-refractivity contribution in [1.29, 1.82) is 0 Å². The normalized spacial score (nSPS) is 20.2. The van der Waals surface area contributed by atoms with Gasteiger partial charge >= 0.3 is 0 Å². The minimum absolute atomic E-state index is 0.108. The number of nitrogens with zero attached hydrogens (tertiary/aromatic N) is 1. The monoisotopic (exact) mass is 208 g/mol. The summed E-state index contributed by atoms with van der Waals surface area (Å²) in [5.74, 6) is 0.245. The predicted octanol–water partition coefficient (Wildman–Crippen LogP) is 1.81. The lowest BCUT2D eigenvalue weighted by Gasteiger charge is -2.32. The number of piperidine rings is 1. The summed E-state index contributed by atoms with van der Waals surface area (Å²) in [6, 6.07) is 0.108. The van der Waals surface area contributed by atoms with Gasteiger partial charge in [-0.1, -0.05) is 12.2 Å². The van der Waals surface area contributed by atoms with Gasteiger partial charge in [0.1, 0.15) is 0 Å². The molecule has 0 aromatic rings. The number of likely N-dealkylation sites (tertiary alicyclic amines) is 1. The van der Waals surface area contributed by atoms with Crippen LogP contribution in [0.5, 0.6) is 0 Å². The molecule has 1 rings (SSSR count). The van der Waals surface area contributed by atoms with Gasteiger partial charge in [-0.05, 0) is 26.2 Å². The average molecular weight is 208 g/mol. The Hall–Kier alpha value is -1.25. The lowest BCUT2D eigenvalue weighted by atomic mass is 10.1. The first kappa shape index (κ1) is 11.8. The lowest BCUT2D eigenvalue weighted by Crippen LogP contribution is -2.42. The summed E-state index contributed by atoms with van der Waals surface area (Å²) in [6.45, 7) is 6.50. The van der Waals surface area contributed by atoms with Crippen LogP contribution in [0.3, 0.4) is 0 Å². The third-order valence-corrected chi connectivity index (χ3v) is 2.71. The maximum atomic E-state index is 11.7. The molecule has 0 aromatic carbocycles. The van der Waals surface area contributed by atoms with Crippen molar-refractivity contribution < 1.29 is 4.79 Å². The van der Waals surface area contributed by atoms with E-state index in [0.29, 0.717) is 6.42 Å². The Morgan fingerprint density at radius 2 is 2.40 bits per heavy atom. The minimum Gasteiger partial charge on any atom is -0.403 e. The van der Waals surface area contributed by atoms with Gasteiger partial charge < -0.3 is 10.6 Å². The molecule has 1 saturated heterocycles. The highest BCUT2D eigenvalue weighted by atomic mass is 16.2. The summed E-state index contributed by atoms with van der Waals surface area (Å²) in [6.07, 6.45) is 7.36. The van der Waals surface area contributed by atoms with Crippen molar-refractivity contribution in [2.45, 2.75) is 38.6 Å². The van der Waals surface area contributed by atoms with Gasteiger partial charge in [0.05, 0.1) is 6.04 Å². The van der Waals surface area contributed by atoms with Gasteiger partial charge in [-0.2, -0.15) is 0 Å². The molecule has 1 amide bonds. The van der Waals surface area contributed by atoms with E-state index in [0.717, 1.165) is 31.5 Å². The molecule has 15 heavy (non-hydrogen) atoms. The molecule has 1 fully saturated rings. The van der Waals surface area contributed by atoms with Crippen LogP contribution in [0.25, 0.3) is 0 Å². The first-order valence-corrected chi connectivity index (χ1v) is 5.49. The second-order valence-corrected chi connectivity index (χ2v) is 4.03. The number of hydrogen-bond donors (Lipinski definition) is 1. The molecule has 0 aliphatic carbocycles. The van der Waals surface area contributed by atoms with E-state index in [4.69, 9.17) is 5.73 Å². The molecule has 3 nitrogen and oxygen atoms in total. The quantitative estimate of drug-likeness (QED) is 0.716. The maximum absolute atomic E-state index is 11.7. The number of carbonyl (C=O) groups is 1.